The molecule has 0 radical (unpaired) electrons. The molecule has 1 atom stereocenters. The molecule has 0 aliphatic heterocycles. The van der Waals surface area contributed by atoms with Crippen LogP contribution in [0.25, 0.3) is 0 Å². The Morgan fingerprint density at radius 3 is 3.00 bits per heavy atom. The predicted octanol–water partition coefficient (Wildman–Crippen LogP) is 3.53. The van der Waals surface area contributed by atoms with E-state index in [4.69, 9.17) is 0 Å². The van der Waals surface area contributed by atoms with Crippen LogP contribution in [0.5, 0.6) is 0 Å². The van der Waals surface area contributed by atoms with Gasteiger partial charge in [-0.2, -0.15) is 0 Å². The summed E-state index contributed by atoms with van der Waals surface area (Å²) < 4.78 is 1.19. The lowest BCUT2D eigenvalue weighted by Gasteiger charge is -2.25. The first-order valence-electron chi connectivity index (χ1n) is 7.22. The number of aryl methyl sites for hydroxylation is 1. The van der Waals surface area contributed by atoms with E-state index in [2.05, 4.69) is 56.6 Å². The van der Waals surface area contributed by atoms with Gasteiger partial charge in [-0.05, 0) is 54.7 Å². The Morgan fingerprint density at radius 1 is 1.20 bits per heavy atom. The van der Waals surface area contributed by atoms with E-state index >= 15 is 0 Å². The summed E-state index contributed by atoms with van der Waals surface area (Å²) in [4.78, 5) is 4.36. The number of hydrogen-bond donors (Lipinski definition) is 1. The molecule has 2 nitrogen and oxygen atoms in total. The third-order valence-corrected chi connectivity index (χ3v) is 4.43. The van der Waals surface area contributed by atoms with Gasteiger partial charge < -0.3 is 5.32 Å². The van der Waals surface area contributed by atoms with Crippen molar-refractivity contribution in [2.75, 3.05) is 6.54 Å². The average Bonchev–Trinajstić information content (AvgIpc) is 2.48. The smallest absolute Gasteiger partial charge is 0.0416 e. The lowest BCUT2D eigenvalue weighted by atomic mass is 9.88. The molecule has 3 heteroatoms. The first-order chi connectivity index (χ1) is 9.81. The van der Waals surface area contributed by atoms with Gasteiger partial charge in [0.05, 0.1) is 0 Å². The molecule has 1 aliphatic carbocycles. The van der Waals surface area contributed by atoms with Crippen molar-refractivity contribution in [1.29, 1.82) is 0 Å². The summed E-state index contributed by atoms with van der Waals surface area (Å²) in [5.41, 5.74) is 4.16. The summed E-state index contributed by atoms with van der Waals surface area (Å²) >= 11 is 3.55. The van der Waals surface area contributed by atoms with E-state index in [-0.39, 0.29) is 0 Å². The van der Waals surface area contributed by atoms with Gasteiger partial charge in [0.1, 0.15) is 0 Å². The summed E-state index contributed by atoms with van der Waals surface area (Å²) in [7, 11) is 0. The van der Waals surface area contributed by atoms with E-state index in [1.165, 1.54) is 34.1 Å². The molecule has 0 saturated carbocycles. The number of aromatic nitrogens is 1. The molecular formula is C17H19BrN2. The van der Waals surface area contributed by atoms with Crippen molar-refractivity contribution in [2.45, 2.75) is 31.7 Å². The van der Waals surface area contributed by atoms with Gasteiger partial charge in [-0.15, -0.1) is 0 Å². The highest BCUT2D eigenvalue weighted by molar-refractivity contribution is 9.10. The van der Waals surface area contributed by atoms with Gasteiger partial charge in [-0.1, -0.05) is 28.1 Å². The van der Waals surface area contributed by atoms with E-state index in [1.54, 1.807) is 0 Å². The van der Waals surface area contributed by atoms with Crippen LogP contribution in [0.2, 0.25) is 0 Å². The monoisotopic (exact) mass is 330 g/mol. The fourth-order valence-corrected chi connectivity index (χ4v) is 3.26. The molecule has 1 aromatic heterocycles. The van der Waals surface area contributed by atoms with Crippen LogP contribution >= 0.6 is 15.9 Å². The molecule has 2 aromatic rings. The maximum Gasteiger partial charge on any atom is 0.0416 e. The van der Waals surface area contributed by atoms with Crippen molar-refractivity contribution in [3.63, 3.8) is 0 Å². The lowest BCUT2D eigenvalue weighted by molar-refractivity contribution is 0.460. The molecule has 0 bridgehead atoms. The first kappa shape index (κ1) is 13.8. The van der Waals surface area contributed by atoms with Gasteiger partial charge in [-0.25, -0.2) is 0 Å². The maximum absolute atomic E-state index is 4.36. The van der Waals surface area contributed by atoms with Crippen molar-refractivity contribution in [3.05, 3.63) is 63.9 Å². The molecule has 104 valence electrons. The highest BCUT2D eigenvalue weighted by atomic mass is 79.9. The Kier molecular flexibility index (Phi) is 4.48. The van der Waals surface area contributed by atoms with Crippen LogP contribution in [0.1, 0.15) is 23.2 Å². The third-order valence-electron chi connectivity index (χ3n) is 3.94. The third kappa shape index (κ3) is 3.47. The van der Waals surface area contributed by atoms with Gasteiger partial charge in [0, 0.05) is 35.4 Å². The molecule has 0 spiro atoms. The molecule has 3 rings (SSSR count). The summed E-state index contributed by atoms with van der Waals surface area (Å²) in [5.74, 6) is 0. The van der Waals surface area contributed by atoms with E-state index < -0.39 is 0 Å². The first-order valence-corrected chi connectivity index (χ1v) is 8.01. The number of nitrogens with zero attached hydrogens (tertiary/aromatic N) is 1. The molecule has 0 amide bonds. The normalized spacial score (nSPS) is 17.8. The lowest BCUT2D eigenvalue weighted by Crippen LogP contribution is -2.35. The number of hydrogen-bond acceptors (Lipinski definition) is 2. The minimum atomic E-state index is 0.604. The second-order valence-corrected chi connectivity index (χ2v) is 6.29. The molecule has 1 heterocycles. The topological polar surface area (TPSA) is 24.9 Å². The molecule has 1 aromatic carbocycles. The van der Waals surface area contributed by atoms with Crippen molar-refractivity contribution >= 4 is 15.9 Å². The molecule has 1 aliphatic rings. The summed E-state index contributed by atoms with van der Waals surface area (Å²) in [6.45, 7) is 1.01. The number of halogens is 1. The SMILES string of the molecule is Brc1ccc2c(c1)CCC(NCCc1ccccn1)C2. The summed E-state index contributed by atoms with van der Waals surface area (Å²) in [5, 5.41) is 3.67. The van der Waals surface area contributed by atoms with E-state index in [0.717, 1.165) is 19.4 Å². The van der Waals surface area contributed by atoms with Crippen LogP contribution in [0.4, 0.5) is 0 Å². The van der Waals surface area contributed by atoms with E-state index in [1.807, 2.05) is 12.3 Å². The largest absolute Gasteiger partial charge is 0.313 e. The highest BCUT2D eigenvalue weighted by Crippen LogP contribution is 2.24. The molecule has 0 fully saturated rings. The van der Waals surface area contributed by atoms with E-state index in [9.17, 15) is 0 Å². The Bertz CT molecular complexity index is 568. The Balaban J connectivity index is 1.52. The van der Waals surface area contributed by atoms with Crippen LogP contribution in [0.3, 0.4) is 0 Å². The van der Waals surface area contributed by atoms with Crippen LogP contribution in [0.15, 0.2) is 47.1 Å². The Hall–Kier alpha value is -1.19. The number of fused-ring (bicyclic) bond motifs is 1. The van der Waals surface area contributed by atoms with Gasteiger partial charge in [0.25, 0.3) is 0 Å². The van der Waals surface area contributed by atoms with Crippen molar-refractivity contribution < 1.29 is 0 Å². The fraction of sp³-hybridized carbons (Fsp3) is 0.353. The summed E-state index contributed by atoms with van der Waals surface area (Å²) in [6, 6.07) is 13.4. The maximum atomic E-state index is 4.36. The quantitative estimate of drug-likeness (QED) is 0.927. The van der Waals surface area contributed by atoms with Gasteiger partial charge in [-0.3, -0.25) is 4.98 Å². The predicted molar refractivity (Wildman–Crippen MR) is 85.9 cm³/mol. The number of rotatable bonds is 4. The second-order valence-electron chi connectivity index (χ2n) is 5.38. The van der Waals surface area contributed by atoms with Gasteiger partial charge >= 0.3 is 0 Å². The van der Waals surface area contributed by atoms with Crippen LogP contribution in [0, 0.1) is 0 Å². The molecule has 0 saturated heterocycles. The Morgan fingerprint density at radius 2 is 2.15 bits per heavy atom. The molecule has 1 unspecified atom stereocenters. The zero-order chi connectivity index (χ0) is 13.8. The number of benzene rings is 1. The number of nitrogens with one attached hydrogen (secondary N) is 1. The second kappa shape index (κ2) is 6.51. The zero-order valence-corrected chi connectivity index (χ0v) is 13.1. The number of pyridine rings is 1. The molecule has 20 heavy (non-hydrogen) atoms. The Labute approximate surface area is 128 Å². The fourth-order valence-electron chi connectivity index (χ4n) is 2.85. The van der Waals surface area contributed by atoms with Crippen LogP contribution in [-0.4, -0.2) is 17.6 Å². The summed E-state index contributed by atoms with van der Waals surface area (Å²) in [6.07, 6.45) is 6.42. The van der Waals surface area contributed by atoms with Crippen LogP contribution < -0.4 is 5.32 Å². The minimum Gasteiger partial charge on any atom is -0.313 e. The standard InChI is InChI=1S/C17H19BrN2/c18-15-6-4-14-12-17(7-5-13(14)11-15)20-10-8-16-3-1-2-9-19-16/h1-4,6,9,11,17,20H,5,7-8,10,12H2. The average molecular weight is 331 g/mol. The van der Waals surface area contributed by atoms with Crippen molar-refractivity contribution in [1.82, 2.24) is 10.3 Å². The molecule has 1 N–H and O–H groups in total. The van der Waals surface area contributed by atoms with Gasteiger partial charge in [0.2, 0.25) is 0 Å². The van der Waals surface area contributed by atoms with Crippen LogP contribution in [-0.2, 0) is 19.3 Å². The molecular weight excluding hydrogens is 312 g/mol. The van der Waals surface area contributed by atoms with Crippen molar-refractivity contribution in [2.24, 2.45) is 0 Å². The minimum absolute atomic E-state index is 0.604. The van der Waals surface area contributed by atoms with Crippen molar-refractivity contribution in [3.8, 4) is 0 Å². The van der Waals surface area contributed by atoms with Gasteiger partial charge in [0.15, 0.2) is 0 Å². The highest BCUT2D eigenvalue weighted by Gasteiger charge is 2.17. The van der Waals surface area contributed by atoms with E-state index in [0.29, 0.717) is 6.04 Å². The zero-order valence-electron chi connectivity index (χ0n) is 11.5.